The number of fused-ring (bicyclic) bond motifs is 1. The lowest BCUT2D eigenvalue weighted by Crippen LogP contribution is -2.20. The molecular formula is C19H23N7. The van der Waals surface area contributed by atoms with Crippen LogP contribution in [0.5, 0.6) is 0 Å². The van der Waals surface area contributed by atoms with Gasteiger partial charge in [0.05, 0.1) is 6.04 Å². The summed E-state index contributed by atoms with van der Waals surface area (Å²) in [6.45, 7) is 6.23. The molecule has 7 nitrogen and oxygen atoms in total. The van der Waals surface area contributed by atoms with Crippen LogP contribution in [0.15, 0.2) is 24.4 Å². The van der Waals surface area contributed by atoms with Gasteiger partial charge in [0.25, 0.3) is 0 Å². The minimum Gasteiger partial charge on any atom is -0.359 e. The maximum absolute atomic E-state index is 4.82. The summed E-state index contributed by atoms with van der Waals surface area (Å²) < 4.78 is 0. The number of nitrogens with one attached hydrogen (secondary N) is 2. The molecule has 0 saturated heterocycles. The Hall–Kier alpha value is -2.83. The van der Waals surface area contributed by atoms with Crippen LogP contribution in [0, 0.1) is 12.8 Å². The standard InChI is InChI=1S/C19H23N7/c1-11(2)16(19-21-12(3)25-26-19)23-17-13-7-6-9-14(13)22-18(24-17)15-8-4-5-10-20-15/h4-5,8,10-11,16H,6-7,9H2,1-3H3,(H,21,25,26)(H,22,23,24)/t16-/m0/s1. The molecule has 0 spiro atoms. The third-order valence-corrected chi connectivity index (χ3v) is 4.68. The molecule has 0 aliphatic heterocycles. The van der Waals surface area contributed by atoms with Crippen LogP contribution in [-0.2, 0) is 12.8 Å². The summed E-state index contributed by atoms with van der Waals surface area (Å²) >= 11 is 0. The molecule has 0 bridgehead atoms. The number of rotatable bonds is 5. The number of aromatic nitrogens is 6. The van der Waals surface area contributed by atoms with Crippen LogP contribution in [0.25, 0.3) is 11.5 Å². The van der Waals surface area contributed by atoms with Gasteiger partial charge < -0.3 is 5.32 Å². The van der Waals surface area contributed by atoms with Gasteiger partial charge >= 0.3 is 0 Å². The van der Waals surface area contributed by atoms with E-state index < -0.39 is 0 Å². The zero-order valence-electron chi connectivity index (χ0n) is 15.3. The highest BCUT2D eigenvalue weighted by Crippen LogP contribution is 2.32. The third-order valence-electron chi connectivity index (χ3n) is 4.68. The Morgan fingerprint density at radius 2 is 2.00 bits per heavy atom. The van der Waals surface area contributed by atoms with Crippen LogP contribution in [0.1, 0.15) is 49.2 Å². The van der Waals surface area contributed by atoms with Crippen LogP contribution in [0.3, 0.4) is 0 Å². The van der Waals surface area contributed by atoms with E-state index in [4.69, 9.17) is 9.97 Å². The molecule has 1 aliphatic rings. The summed E-state index contributed by atoms with van der Waals surface area (Å²) in [6, 6.07) is 5.78. The second-order valence-electron chi connectivity index (χ2n) is 7.03. The fourth-order valence-electron chi connectivity index (χ4n) is 3.34. The Labute approximate surface area is 152 Å². The quantitative estimate of drug-likeness (QED) is 0.734. The van der Waals surface area contributed by atoms with Crippen LogP contribution >= 0.6 is 0 Å². The van der Waals surface area contributed by atoms with Gasteiger partial charge in [0, 0.05) is 17.5 Å². The third kappa shape index (κ3) is 3.16. The highest BCUT2D eigenvalue weighted by atomic mass is 15.2. The highest BCUT2D eigenvalue weighted by Gasteiger charge is 2.25. The first-order valence-corrected chi connectivity index (χ1v) is 9.08. The molecular weight excluding hydrogens is 326 g/mol. The maximum Gasteiger partial charge on any atom is 0.180 e. The summed E-state index contributed by atoms with van der Waals surface area (Å²) in [5.74, 6) is 3.45. The van der Waals surface area contributed by atoms with E-state index in [1.165, 1.54) is 5.56 Å². The van der Waals surface area contributed by atoms with E-state index >= 15 is 0 Å². The average Bonchev–Trinajstić information content (AvgIpc) is 3.28. The lowest BCUT2D eigenvalue weighted by atomic mass is 10.0. The SMILES string of the molecule is Cc1nc([C@@H](Nc2nc(-c3ccccn3)nc3c2CCC3)C(C)C)n[nH]1. The van der Waals surface area contributed by atoms with E-state index in [0.717, 1.165) is 48.1 Å². The predicted molar refractivity (Wildman–Crippen MR) is 99.6 cm³/mol. The Bertz CT molecular complexity index is 902. The summed E-state index contributed by atoms with van der Waals surface area (Å²) in [5.41, 5.74) is 3.12. The molecule has 3 aromatic rings. The Morgan fingerprint density at radius 1 is 1.12 bits per heavy atom. The van der Waals surface area contributed by atoms with Gasteiger partial charge in [-0.15, -0.1) is 0 Å². The number of hydrogen-bond acceptors (Lipinski definition) is 6. The van der Waals surface area contributed by atoms with Crippen molar-refractivity contribution in [2.75, 3.05) is 5.32 Å². The minimum absolute atomic E-state index is 0.0175. The zero-order chi connectivity index (χ0) is 18.1. The van der Waals surface area contributed by atoms with Crippen molar-refractivity contribution in [3.05, 3.63) is 47.3 Å². The van der Waals surface area contributed by atoms with Crippen LogP contribution in [0.4, 0.5) is 5.82 Å². The lowest BCUT2D eigenvalue weighted by molar-refractivity contribution is 0.521. The average molecular weight is 349 g/mol. The summed E-state index contributed by atoms with van der Waals surface area (Å²) in [7, 11) is 0. The van der Waals surface area contributed by atoms with Crippen molar-refractivity contribution >= 4 is 5.82 Å². The van der Waals surface area contributed by atoms with E-state index in [-0.39, 0.29) is 6.04 Å². The smallest absolute Gasteiger partial charge is 0.180 e. The Balaban J connectivity index is 1.74. The molecule has 0 radical (unpaired) electrons. The molecule has 3 aromatic heterocycles. The summed E-state index contributed by atoms with van der Waals surface area (Å²) in [6.07, 6.45) is 4.86. The van der Waals surface area contributed by atoms with Crippen molar-refractivity contribution in [1.29, 1.82) is 0 Å². The van der Waals surface area contributed by atoms with Gasteiger partial charge in [0.1, 0.15) is 17.3 Å². The van der Waals surface area contributed by atoms with E-state index in [1.807, 2.05) is 25.1 Å². The van der Waals surface area contributed by atoms with Crippen LogP contribution in [0.2, 0.25) is 0 Å². The molecule has 7 heteroatoms. The molecule has 26 heavy (non-hydrogen) atoms. The van der Waals surface area contributed by atoms with Gasteiger partial charge in [0.2, 0.25) is 0 Å². The van der Waals surface area contributed by atoms with Crippen molar-refractivity contribution in [3.8, 4) is 11.5 Å². The van der Waals surface area contributed by atoms with Crippen molar-refractivity contribution in [3.63, 3.8) is 0 Å². The topological polar surface area (TPSA) is 92.3 Å². The molecule has 3 heterocycles. The maximum atomic E-state index is 4.82. The predicted octanol–water partition coefficient (Wildman–Crippen LogP) is 3.26. The van der Waals surface area contributed by atoms with Gasteiger partial charge in [-0.3, -0.25) is 10.1 Å². The van der Waals surface area contributed by atoms with Crippen LogP contribution in [-0.4, -0.2) is 30.1 Å². The molecule has 4 rings (SSSR count). The monoisotopic (exact) mass is 349 g/mol. The molecule has 134 valence electrons. The molecule has 0 amide bonds. The van der Waals surface area contributed by atoms with E-state index in [1.54, 1.807) is 6.20 Å². The molecule has 0 aromatic carbocycles. The highest BCUT2D eigenvalue weighted by molar-refractivity contribution is 5.58. The van der Waals surface area contributed by atoms with Gasteiger partial charge in [-0.05, 0) is 44.2 Å². The first-order valence-electron chi connectivity index (χ1n) is 9.08. The molecule has 0 unspecified atom stereocenters. The number of pyridine rings is 1. The van der Waals surface area contributed by atoms with Gasteiger partial charge in [-0.25, -0.2) is 15.0 Å². The molecule has 0 saturated carbocycles. The molecule has 0 fully saturated rings. The Morgan fingerprint density at radius 3 is 2.69 bits per heavy atom. The lowest BCUT2D eigenvalue weighted by Gasteiger charge is -2.22. The molecule has 1 aliphatic carbocycles. The van der Waals surface area contributed by atoms with Crippen molar-refractivity contribution in [1.82, 2.24) is 30.1 Å². The second-order valence-corrected chi connectivity index (χ2v) is 7.03. The van der Waals surface area contributed by atoms with Gasteiger partial charge in [-0.1, -0.05) is 19.9 Å². The number of H-pyrrole nitrogens is 1. The first-order chi connectivity index (χ1) is 12.6. The van der Waals surface area contributed by atoms with E-state index in [0.29, 0.717) is 11.7 Å². The zero-order valence-corrected chi connectivity index (χ0v) is 15.3. The normalized spacial score (nSPS) is 14.5. The number of aryl methyl sites for hydroxylation is 2. The molecule has 1 atom stereocenters. The fraction of sp³-hybridized carbons (Fsp3) is 0.421. The molecule has 2 N–H and O–H groups in total. The van der Waals surface area contributed by atoms with Crippen molar-refractivity contribution < 1.29 is 0 Å². The van der Waals surface area contributed by atoms with Gasteiger partial charge in [-0.2, -0.15) is 5.10 Å². The number of nitrogens with zero attached hydrogens (tertiary/aromatic N) is 5. The second kappa shape index (κ2) is 6.82. The fourth-order valence-corrected chi connectivity index (χ4v) is 3.34. The number of aromatic amines is 1. The van der Waals surface area contributed by atoms with Crippen molar-refractivity contribution in [2.24, 2.45) is 5.92 Å². The van der Waals surface area contributed by atoms with Crippen LogP contribution < -0.4 is 5.32 Å². The van der Waals surface area contributed by atoms with Crippen molar-refractivity contribution in [2.45, 2.75) is 46.1 Å². The largest absolute Gasteiger partial charge is 0.359 e. The number of anilines is 1. The minimum atomic E-state index is -0.0175. The van der Waals surface area contributed by atoms with E-state index in [9.17, 15) is 0 Å². The number of hydrogen-bond donors (Lipinski definition) is 2. The summed E-state index contributed by atoms with van der Waals surface area (Å²) in [5, 5.41) is 10.9. The Kier molecular flexibility index (Phi) is 4.36. The van der Waals surface area contributed by atoms with Gasteiger partial charge in [0.15, 0.2) is 11.6 Å². The van der Waals surface area contributed by atoms with E-state index in [2.05, 4.69) is 39.3 Å². The summed E-state index contributed by atoms with van der Waals surface area (Å²) in [4.78, 5) is 18.5. The first kappa shape index (κ1) is 16.6.